The molecule has 0 aromatic heterocycles. The van der Waals surface area contributed by atoms with Gasteiger partial charge in [-0.3, -0.25) is 4.79 Å². The summed E-state index contributed by atoms with van der Waals surface area (Å²) < 4.78 is 5.77. The van der Waals surface area contributed by atoms with Crippen LogP contribution in [0.5, 0.6) is 5.75 Å². The summed E-state index contributed by atoms with van der Waals surface area (Å²) in [6.45, 7) is 5.63. The Balaban J connectivity index is 1.95. The molecular weight excluding hydrogens is 240 g/mol. The SMILES string of the molecule is CC(C)CCN(C)C(=O)C1CNc2ccccc2O1. The molecule has 1 aliphatic rings. The van der Waals surface area contributed by atoms with Crippen LogP contribution < -0.4 is 10.1 Å². The third-order valence-electron chi connectivity index (χ3n) is 3.33. The zero-order chi connectivity index (χ0) is 13.8. The fourth-order valence-electron chi connectivity index (χ4n) is 2.06. The van der Waals surface area contributed by atoms with E-state index in [0.29, 0.717) is 12.5 Å². The topological polar surface area (TPSA) is 41.6 Å². The average molecular weight is 262 g/mol. The van der Waals surface area contributed by atoms with Gasteiger partial charge < -0.3 is 15.0 Å². The molecule has 104 valence electrons. The summed E-state index contributed by atoms with van der Waals surface area (Å²) in [4.78, 5) is 14.0. The number of carbonyl (C=O) groups excluding carboxylic acids is 1. The second-order valence-corrected chi connectivity index (χ2v) is 5.43. The number of hydrogen-bond acceptors (Lipinski definition) is 3. The first kappa shape index (κ1) is 13.7. The lowest BCUT2D eigenvalue weighted by Gasteiger charge is -2.29. The number of fused-ring (bicyclic) bond motifs is 1. The number of amides is 1. The molecule has 1 heterocycles. The van der Waals surface area contributed by atoms with Crippen molar-refractivity contribution in [2.24, 2.45) is 5.92 Å². The highest BCUT2D eigenvalue weighted by molar-refractivity contribution is 5.83. The molecule has 19 heavy (non-hydrogen) atoms. The molecule has 1 unspecified atom stereocenters. The number of benzene rings is 1. The maximum atomic E-state index is 12.3. The largest absolute Gasteiger partial charge is 0.477 e. The first-order valence-electron chi connectivity index (χ1n) is 6.82. The van der Waals surface area contributed by atoms with Crippen LogP contribution in [0.4, 0.5) is 5.69 Å². The van der Waals surface area contributed by atoms with Crippen molar-refractivity contribution in [3.05, 3.63) is 24.3 Å². The molecule has 1 atom stereocenters. The van der Waals surface area contributed by atoms with Crippen LogP contribution in [0.2, 0.25) is 0 Å². The van der Waals surface area contributed by atoms with Gasteiger partial charge in [0, 0.05) is 13.6 Å². The van der Waals surface area contributed by atoms with Gasteiger partial charge in [-0.25, -0.2) is 0 Å². The van der Waals surface area contributed by atoms with Gasteiger partial charge in [-0.1, -0.05) is 26.0 Å². The van der Waals surface area contributed by atoms with E-state index in [9.17, 15) is 4.79 Å². The van der Waals surface area contributed by atoms with Gasteiger partial charge in [-0.2, -0.15) is 0 Å². The molecule has 0 bridgehead atoms. The summed E-state index contributed by atoms with van der Waals surface area (Å²) in [5.74, 6) is 1.40. The Morgan fingerprint density at radius 3 is 2.95 bits per heavy atom. The summed E-state index contributed by atoms with van der Waals surface area (Å²) in [5, 5.41) is 3.24. The van der Waals surface area contributed by atoms with Crippen molar-refractivity contribution >= 4 is 11.6 Å². The van der Waals surface area contributed by atoms with Crippen LogP contribution in [-0.4, -0.2) is 37.0 Å². The predicted octanol–water partition coefficient (Wildman–Crippen LogP) is 2.36. The Kier molecular flexibility index (Phi) is 4.30. The van der Waals surface area contributed by atoms with E-state index < -0.39 is 6.10 Å². The summed E-state index contributed by atoms with van der Waals surface area (Å²) in [6.07, 6.45) is 0.589. The number of ether oxygens (including phenoxy) is 1. The van der Waals surface area contributed by atoms with Crippen molar-refractivity contribution in [3.63, 3.8) is 0 Å². The van der Waals surface area contributed by atoms with Gasteiger partial charge >= 0.3 is 0 Å². The number of likely N-dealkylation sites (N-methyl/N-ethyl adjacent to an activating group) is 1. The molecule has 1 aromatic rings. The highest BCUT2D eigenvalue weighted by Gasteiger charge is 2.27. The van der Waals surface area contributed by atoms with Crippen LogP contribution in [0.15, 0.2) is 24.3 Å². The van der Waals surface area contributed by atoms with E-state index in [-0.39, 0.29) is 5.91 Å². The standard InChI is InChI=1S/C15H22N2O2/c1-11(2)8-9-17(3)15(18)14-10-16-12-6-4-5-7-13(12)19-14/h4-7,11,14,16H,8-10H2,1-3H3. The monoisotopic (exact) mass is 262 g/mol. The van der Waals surface area contributed by atoms with E-state index in [1.54, 1.807) is 4.90 Å². The number of nitrogens with zero attached hydrogens (tertiary/aromatic N) is 1. The molecule has 0 aliphatic carbocycles. The molecule has 1 amide bonds. The highest BCUT2D eigenvalue weighted by atomic mass is 16.5. The first-order chi connectivity index (χ1) is 9.08. The van der Waals surface area contributed by atoms with Gasteiger partial charge in [0.1, 0.15) is 5.75 Å². The van der Waals surface area contributed by atoms with Gasteiger partial charge in [0.2, 0.25) is 0 Å². The van der Waals surface area contributed by atoms with Crippen LogP contribution in [0, 0.1) is 5.92 Å². The van der Waals surface area contributed by atoms with Crippen molar-refractivity contribution in [2.45, 2.75) is 26.4 Å². The number of hydrogen-bond donors (Lipinski definition) is 1. The molecule has 1 aliphatic heterocycles. The van der Waals surface area contributed by atoms with Gasteiger partial charge in [-0.15, -0.1) is 0 Å². The Morgan fingerprint density at radius 1 is 1.47 bits per heavy atom. The Hall–Kier alpha value is -1.71. The Morgan fingerprint density at radius 2 is 2.21 bits per heavy atom. The molecule has 0 saturated heterocycles. The zero-order valence-corrected chi connectivity index (χ0v) is 11.8. The second-order valence-electron chi connectivity index (χ2n) is 5.43. The maximum Gasteiger partial charge on any atom is 0.265 e. The zero-order valence-electron chi connectivity index (χ0n) is 11.8. The minimum Gasteiger partial charge on any atom is -0.477 e. The highest BCUT2D eigenvalue weighted by Crippen LogP contribution is 2.28. The second kappa shape index (κ2) is 5.95. The van der Waals surface area contributed by atoms with Crippen LogP contribution in [0.25, 0.3) is 0 Å². The molecular formula is C15H22N2O2. The van der Waals surface area contributed by atoms with Crippen LogP contribution in [0.1, 0.15) is 20.3 Å². The summed E-state index contributed by atoms with van der Waals surface area (Å²) in [6, 6.07) is 7.70. The quantitative estimate of drug-likeness (QED) is 0.905. The third-order valence-corrected chi connectivity index (χ3v) is 3.33. The van der Waals surface area contributed by atoms with Gasteiger partial charge in [-0.05, 0) is 24.5 Å². The normalized spacial score (nSPS) is 17.4. The van der Waals surface area contributed by atoms with Gasteiger partial charge in [0.25, 0.3) is 5.91 Å². The molecule has 0 fully saturated rings. The number of nitrogens with one attached hydrogen (secondary N) is 1. The van der Waals surface area contributed by atoms with Crippen molar-refractivity contribution < 1.29 is 9.53 Å². The average Bonchev–Trinajstić information content (AvgIpc) is 2.43. The molecule has 1 aromatic carbocycles. The minimum absolute atomic E-state index is 0.0441. The predicted molar refractivity (Wildman–Crippen MR) is 76.4 cm³/mol. The lowest BCUT2D eigenvalue weighted by atomic mass is 10.1. The molecule has 4 nitrogen and oxygen atoms in total. The first-order valence-corrected chi connectivity index (χ1v) is 6.82. The van der Waals surface area contributed by atoms with E-state index in [1.807, 2.05) is 31.3 Å². The fraction of sp³-hybridized carbons (Fsp3) is 0.533. The molecule has 4 heteroatoms. The summed E-state index contributed by atoms with van der Waals surface area (Å²) >= 11 is 0. The lowest BCUT2D eigenvalue weighted by Crippen LogP contribution is -2.45. The Labute approximate surface area is 114 Å². The van der Waals surface area contributed by atoms with Crippen molar-refractivity contribution in [3.8, 4) is 5.75 Å². The lowest BCUT2D eigenvalue weighted by molar-refractivity contribution is -0.137. The summed E-state index contributed by atoms with van der Waals surface area (Å²) in [7, 11) is 1.84. The number of para-hydroxylation sites is 2. The van der Waals surface area contributed by atoms with Crippen molar-refractivity contribution in [2.75, 3.05) is 25.5 Å². The number of carbonyl (C=O) groups is 1. The fourth-order valence-corrected chi connectivity index (χ4v) is 2.06. The van der Waals surface area contributed by atoms with Crippen molar-refractivity contribution in [1.29, 1.82) is 0 Å². The van der Waals surface area contributed by atoms with E-state index in [0.717, 1.165) is 24.4 Å². The van der Waals surface area contributed by atoms with E-state index >= 15 is 0 Å². The third kappa shape index (κ3) is 3.40. The number of anilines is 1. The Bertz CT molecular complexity index is 446. The van der Waals surface area contributed by atoms with E-state index in [1.165, 1.54) is 0 Å². The van der Waals surface area contributed by atoms with Gasteiger partial charge in [0.15, 0.2) is 6.10 Å². The number of rotatable bonds is 4. The maximum absolute atomic E-state index is 12.3. The van der Waals surface area contributed by atoms with Crippen LogP contribution >= 0.6 is 0 Å². The van der Waals surface area contributed by atoms with Crippen LogP contribution in [-0.2, 0) is 4.79 Å². The van der Waals surface area contributed by atoms with E-state index in [4.69, 9.17) is 4.74 Å². The van der Waals surface area contributed by atoms with Crippen LogP contribution in [0.3, 0.4) is 0 Å². The van der Waals surface area contributed by atoms with E-state index in [2.05, 4.69) is 19.2 Å². The molecule has 0 spiro atoms. The minimum atomic E-state index is -0.424. The van der Waals surface area contributed by atoms with Crippen molar-refractivity contribution in [1.82, 2.24) is 4.90 Å². The summed E-state index contributed by atoms with van der Waals surface area (Å²) in [5.41, 5.74) is 0.955. The molecule has 0 radical (unpaired) electrons. The molecule has 2 rings (SSSR count). The van der Waals surface area contributed by atoms with Gasteiger partial charge in [0.05, 0.1) is 12.2 Å². The molecule has 1 N–H and O–H groups in total. The molecule has 0 saturated carbocycles. The smallest absolute Gasteiger partial charge is 0.265 e.